The number of benzene rings is 2. The van der Waals surface area contributed by atoms with Crippen LogP contribution in [0.4, 0.5) is 0 Å². The van der Waals surface area contributed by atoms with Crippen LogP contribution in [0.5, 0.6) is 0 Å². The van der Waals surface area contributed by atoms with Crippen LogP contribution in [0, 0.1) is 6.92 Å². The van der Waals surface area contributed by atoms with Crippen molar-refractivity contribution in [3.63, 3.8) is 0 Å². The maximum atomic E-state index is 12.3. The molecule has 150 valence electrons. The smallest absolute Gasteiger partial charge is 0.224 e. The van der Waals surface area contributed by atoms with Gasteiger partial charge in [0.25, 0.3) is 0 Å². The van der Waals surface area contributed by atoms with Crippen molar-refractivity contribution >= 4 is 11.9 Å². The number of aryl methyl sites for hydroxylation is 1. The number of rotatable bonds is 8. The summed E-state index contributed by atoms with van der Waals surface area (Å²) >= 11 is 0. The van der Waals surface area contributed by atoms with Gasteiger partial charge in [-0.05, 0) is 24.0 Å². The first kappa shape index (κ1) is 21.5. The van der Waals surface area contributed by atoms with Gasteiger partial charge >= 0.3 is 0 Å². The van der Waals surface area contributed by atoms with Gasteiger partial charge in [-0.25, -0.2) is 0 Å². The first-order valence-corrected chi connectivity index (χ1v) is 9.78. The lowest BCUT2D eigenvalue weighted by molar-refractivity contribution is -0.130. The molecule has 28 heavy (non-hydrogen) atoms. The molecule has 0 fully saturated rings. The Kier molecular flexibility index (Phi) is 8.53. The van der Waals surface area contributed by atoms with Crippen LogP contribution in [0.15, 0.2) is 59.6 Å². The van der Waals surface area contributed by atoms with E-state index in [-0.39, 0.29) is 5.91 Å². The van der Waals surface area contributed by atoms with E-state index < -0.39 is 0 Å². The van der Waals surface area contributed by atoms with Gasteiger partial charge in [-0.15, -0.1) is 0 Å². The maximum absolute atomic E-state index is 12.3. The Balaban J connectivity index is 1.72. The topological polar surface area (TPSA) is 56.7 Å². The van der Waals surface area contributed by atoms with Crippen LogP contribution in [0.2, 0.25) is 0 Å². The third-order valence-corrected chi connectivity index (χ3v) is 4.73. The van der Waals surface area contributed by atoms with E-state index in [0.717, 1.165) is 18.1 Å². The van der Waals surface area contributed by atoms with Crippen LogP contribution in [-0.2, 0) is 11.3 Å². The first-order valence-electron chi connectivity index (χ1n) is 9.78. The van der Waals surface area contributed by atoms with Crippen molar-refractivity contribution in [1.29, 1.82) is 0 Å². The maximum Gasteiger partial charge on any atom is 0.224 e. The summed E-state index contributed by atoms with van der Waals surface area (Å²) in [4.78, 5) is 18.3. The molecule has 5 nitrogen and oxygen atoms in total. The van der Waals surface area contributed by atoms with Gasteiger partial charge in [0.1, 0.15) is 0 Å². The summed E-state index contributed by atoms with van der Waals surface area (Å²) < 4.78 is 0. The summed E-state index contributed by atoms with van der Waals surface area (Å²) in [6.07, 6.45) is 0.428. The lowest BCUT2D eigenvalue weighted by atomic mass is 9.99. The SMILES string of the molecule is CN=C(NCCC(=O)N(C)Cc1ccccc1)NCC(C)c1cccc(C)c1. The highest BCUT2D eigenvalue weighted by Crippen LogP contribution is 2.15. The molecule has 2 N–H and O–H groups in total. The van der Waals surface area contributed by atoms with Crippen molar-refractivity contribution in [3.05, 3.63) is 71.3 Å². The standard InChI is InChI=1S/C23H32N4O/c1-18-9-8-12-21(15-18)19(2)16-26-23(24-3)25-14-13-22(28)27(4)17-20-10-6-5-7-11-20/h5-12,15,19H,13-14,16-17H2,1-4H3,(H2,24,25,26). The van der Waals surface area contributed by atoms with Gasteiger partial charge in [-0.2, -0.15) is 0 Å². The molecule has 2 aromatic carbocycles. The fraction of sp³-hybridized carbons (Fsp3) is 0.391. The third-order valence-electron chi connectivity index (χ3n) is 4.73. The Morgan fingerprint density at radius 3 is 2.54 bits per heavy atom. The number of nitrogens with one attached hydrogen (secondary N) is 2. The lowest BCUT2D eigenvalue weighted by Crippen LogP contribution is -2.40. The van der Waals surface area contributed by atoms with Gasteiger partial charge in [-0.3, -0.25) is 9.79 Å². The zero-order chi connectivity index (χ0) is 20.4. The normalized spacial score (nSPS) is 12.4. The van der Waals surface area contributed by atoms with Crippen molar-refractivity contribution in [2.75, 3.05) is 27.2 Å². The second-order valence-corrected chi connectivity index (χ2v) is 7.18. The molecule has 0 aliphatic heterocycles. The Labute approximate surface area is 168 Å². The van der Waals surface area contributed by atoms with Crippen LogP contribution < -0.4 is 10.6 Å². The Bertz CT molecular complexity index is 773. The van der Waals surface area contributed by atoms with Gasteiger partial charge in [0.15, 0.2) is 5.96 Å². The minimum absolute atomic E-state index is 0.111. The first-order chi connectivity index (χ1) is 13.5. The molecule has 0 aliphatic rings. The molecular weight excluding hydrogens is 348 g/mol. The van der Waals surface area contributed by atoms with Crippen LogP contribution >= 0.6 is 0 Å². The lowest BCUT2D eigenvalue weighted by Gasteiger charge is -2.19. The van der Waals surface area contributed by atoms with E-state index >= 15 is 0 Å². The van der Waals surface area contributed by atoms with E-state index in [1.165, 1.54) is 11.1 Å². The van der Waals surface area contributed by atoms with Crippen LogP contribution in [0.1, 0.15) is 36.0 Å². The van der Waals surface area contributed by atoms with Gasteiger partial charge in [-0.1, -0.05) is 67.1 Å². The number of guanidine groups is 1. The molecule has 1 amide bonds. The molecule has 0 saturated heterocycles. The van der Waals surface area contributed by atoms with E-state index in [0.29, 0.717) is 25.4 Å². The zero-order valence-electron chi connectivity index (χ0n) is 17.4. The van der Waals surface area contributed by atoms with Crippen LogP contribution in [0.3, 0.4) is 0 Å². The predicted molar refractivity (Wildman–Crippen MR) is 116 cm³/mol. The van der Waals surface area contributed by atoms with Gasteiger partial charge < -0.3 is 15.5 Å². The van der Waals surface area contributed by atoms with Crippen molar-refractivity contribution in [1.82, 2.24) is 15.5 Å². The summed E-state index contributed by atoms with van der Waals surface area (Å²) in [5, 5.41) is 6.57. The summed E-state index contributed by atoms with van der Waals surface area (Å²) in [5.74, 6) is 1.20. The fourth-order valence-electron chi connectivity index (χ4n) is 2.99. The molecule has 5 heteroatoms. The molecular formula is C23H32N4O. The van der Waals surface area contributed by atoms with E-state index in [1.807, 2.05) is 37.4 Å². The van der Waals surface area contributed by atoms with Crippen molar-refractivity contribution in [2.45, 2.75) is 32.7 Å². The number of nitrogens with zero attached hydrogens (tertiary/aromatic N) is 2. The number of carbonyl (C=O) groups excluding carboxylic acids is 1. The molecule has 0 saturated carbocycles. The molecule has 0 bridgehead atoms. The molecule has 1 atom stereocenters. The number of carbonyl (C=O) groups is 1. The monoisotopic (exact) mass is 380 g/mol. The van der Waals surface area contributed by atoms with Crippen LogP contribution in [0.25, 0.3) is 0 Å². The molecule has 0 heterocycles. The van der Waals surface area contributed by atoms with Crippen molar-refractivity contribution in [3.8, 4) is 0 Å². The molecule has 2 rings (SSSR count). The minimum Gasteiger partial charge on any atom is -0.356 e. The Morgan fingerprint density at radius 2 is 1.86 bits per heavy atom. The molecule has 0 radical (unpaired) electrons. The molecule has 0 spiro atoms. The number of amides is 1. The Morgan fingerprint density at radius 1 is 1.11 bits per heavy atom. The largest absolute Gasteiger partial charge is 0.356 e. The molecule has 0 aromatic heterocycles. The minimum atomic E-state index is 0.111. The molecule has 2 aromatic rings. The van der Waals surface area contributed by atoms with Crippen molar-refractivity contribution < 1.29 is 4.79 Å². The average molecular weight is 381 g/mol. The predicted octanol–water partition coefficient (Wildman–Crippen LogP) is 3.31. The summed E-state index contributed by atoms with van der Waals surface area (Å²) in [6.45, 7) is 6.26. The van der Waals surface area contributed by atoms with Crippen molar-refractivity contribution in [2.24, 2.45) is 4.99 Å². The van der Waals surface area contributed by atoms with Gasteiger partial charge in [0.2, 0.25) is 5.91 Å². The average Bonchev–Trinajstić information content (AvgIpc) is 2.70. The van der Waals surface area contributed by atoms with E-state index in [1.54, 1.807) is 11.9 Å². The van der Waals surface area contributed by atoms with Gasteiger partial charge in [0, 0.05) is 40.2 Å². The molecule has 1 unspecified atom stereocenters. The van der Waals surface area contributed by atoms with E-state index in [2.05, 4.69) is 53.7 Å². The molecule has 0 aliphatic carbocycles. The highest BCUT2D eigenvalue weighted by atomic mass is 16.2. The summed E-state index contributed by atoms with van der Waals surface area (Å²) in [7, 11) is 3.59. The summed E-state index contributed by atoms with van der Waals surface area (Å²) in [6, 6.07) is 18.6. The number of hydrogen-bond donors (Lipinski definition) is 2. The highest BCUT2D eigenvalue weighted by Gasteiger charge is 2.10. The number of hydrogen-bond acceptors (Lipinski definition) is 2. The zero-order valence-corrected chi connectivity index (χ0v) is 17.4. The second kappa shape index (κ2) is 11.1. The van der Waals surface area contributed by atoms with Gasteiger partial charge in [0.05, 0.1) is 0 Å². The summed E-state index contributed by atoms with van der Waals surface area (Å²) in [5.41, 5.74) is 3.71. The van der Waals surface area contributed by atoms with E-state index in [9.17, 15) is 4.79 Å². The van der Waals surface area contributed by atoms with Crippen LogP contribution in [-0.4, -0.2) is 44.0 Å². The third kappa shape index (κ3) is 7.06. The fourth-order valence-corrected chi connectivity index (χ4v) is 2.99. The second-order valence-electron chi connectivity index (χ2n) is 7.18. The Hall–Kier alpha value is -2.82. The quantitative estimate of drug-likeness (QED) is 0.546. The highest BCUT2D eigenvalue weighted by molar-refractivity contribution is 5.81. The van der Waals surface area contributed by atoms with E-state index in [4.69, 9.17) is 0 Å². The number of aliphatic imine (C=N–C) groups is 1.